The third-order valence-corrected chi connectivity index (χ3v) is 1.87. The van der Waals surface area contributed by atoms with Crippen molar-refractivity contribution in [1.29, 1.82) is 0 Å². The molecule has 0 aromatic carbocycles. The summed E-state index contributed by atoms with van der Waals surface area (Å²) in [5, 5.41) is 0. The van der Waals surface area contributed by atoms with Crippen LogP contribution in [-0.2, 0) is 6.18 Å². The van der Waals surface area contributed by atoms with Crippen LogP contribution in [0.25, 0.3) is 0 Å². The maximum Gasteiger partial charge on any atom is 0.418 e. The van der Waals surface area contributed by atoms with Crippen molar-refractivity contribution in [1.82, 2.24) is 4.98 Å². The van der Waals surface area contributed by atoms with E-state index in [9.17, 15) is 13.2 Å². The zero-order chi connectivity index (χ0) is 10.2. The van der Waals surface area contributed by atoms with Crippen molar-refractivity contribution in [3.63, 3.8) is 0 Å². The van der Waals surface area contributed by atoms with Crippen LogP contribution in [0, 0.1) is 0 Å². The lowest BCUT2D eigenvalue weighted by molar-refractivity contribution is -0.138. The second-order valence-electron chi connectivity index (χ2n) is 3.22. The van der Waals surface area contributed by atoms with E-state index in [1.807, 2.05) is 0 Å². The first-order valence-electron chi connectivity index (χ1n) is 4.24. The van der Waals surface area contributed by atoms with Crippen LogP contribution in [-0.4, -0.2) is 11.1 Å². The molecular weight excluding hydrogens is 195 g/mol. The summed E-state index contributed by atoms with van der Waals surface area (Å²) in [7, 11) is 0. The number of nitrogens with zero attached hydrogens (tertiary/aromatic N) is 1. The Morgan fingerprint density at radius 2 is 2.00 bits per heavy atom. The molecule has 14 heavy (non-hydrogen) atoms. The predicted molar refractivity (Wildman–Crippen MR) is 42.9 cm³/mol. The zero-order valence-corrected chi connectivity index (χ0v) is 7.21. The molecule has 0 N–H and O–H groups in total. The molecule has 76 valence electrons. The van der Waals surface area contributed by atoms with E-state index in [4.69, 9.17) is 4.74 Å². The summed E-state index contributed by atoms with van der Waals surface area (Å²) < 4.78 is 41.9. The van der Waals surface area contributed by atoms with Crippen LogP contribution < -0.4 is 4.74 Å². The van der Waals surface area contributed by atoms with Crippen LogP contribution in [0.15, 0.2) is 18.5 Å². The molecule has 0 amide bonds. The quantitative estimate of drug-likeness (QED) is 0.737. The lowest BCUT2D eigenvalue weighted by atomic mass is 10.3. The molecule has 0 radical (unpaired) electrons. The first-order valence-corrected chi connectivity index (χ1v) is 4.24. The molecule has 1 aliphatic rings. The van der Waals surface area contributed by atoms with E-state index in [0.29, 0.717) is 0 Å². The highest BCUT2D eigenvalue weighted by Crippen LogP contribution is 2.32. The molecule has 1 aliphatic carbocycles. The Balaban J connectivity index is 2.17. The lowest BCUT2D eigenvalue weighted by Crippen LogP contribution is -2.06. The van der Waals surface area contributed by atoms with Crippen LogP contribution in [0.3, 0.4) is 0 Å². The Hall–Kier alpha value is -1.26. The summed E-state index contributed by atoms with van der Waals surface area (Å²) in [5.41, 5.74) is -0.768. The van der Waals surface area contributed by atoms with E-state index in [2.05, 4.69) is 4.98 Å². The largest absolute Gasteiger partial charge is 0.489 e. The molecule has 1 heterocycles. The molecule has 1 aromatic rings. The van der Waals surface area contributed by atoms with Gasteiger partial charge in [-0.15, -0.1) is 0 Å². The van der Waals surface area contributed by atoms with Crippen molar-refractivity contribution in [3.05, 3.63) is 24.0 Å². The maximum absolute atomic E-state index is 12.2. The average Bonchev–Trinajstić information content (AvgIpc) is 2.87. The Kier molecular flexibility index (Phi) is 2.09. The molecule has 0 spiro atoms. The predicted octanol–water partition coefficient (Wildman–Crippen LogP) is 2.64. The zero-order valence-electron chi connectivity index (χ0n) is 7.21. The van der Waals surface area contributed by atoms with Crippen molar-refractivity contribution in [2.24, 2.45) is 0 Å². The van der Waals surface area contributed by atoms with E-state index < -0.39 is 11.7 Å². The molecule has 2 rings (SSSR count). The van der Waals surface area contributed by atoms with E-state index in [0.717, 1.165) is 25.1 Å². The van der Waals surface area contributed by atoms with Gasteiger partial charge in [-0.25, -0.2) is 0 Å². The number of alkyl halides is 3. The van der Waals surface area contributed by atoms with Gasteiger partial charge in [0.1, 0.15) is 5.75 Å². The molecule has 0 saturated heterocycles. The summed E-state index contributed by atoms with van der Waals surface area (Å²) in [6, 6.07) is 0.977. The van der Waals surface area contributed by atoms with Crippen LogP contribution in [0.1, 0.15) is 18.4 Å². The van der Waals surface area contributed by atoms with E-state index in [1.165, 1.54) is 6.20 Å². The van der Waals surface area contributed by atoms with Gasteiger partial charge in [0.25, 0.3) is 0 Å². The van der Waals surface area contributed by atoms with Gasteiger partial charge in [0.05, 0.1) is 17.9 Å². The third-order valence-electron chi connectivity index (χ3n) is 1.87. The van der Waals surface area contributed by atoms with Gasteiger partial charge >= 0.3 is 6.18 Å². The van der Waals surface area contributed by atoms with Crippen LogP contribution >= 0.6 is 0 Å². The molecule has 1 saturated carbocycles. The number of hydrogen-bond donors (Lipinski definition) is 0. The summed E-state index contributed by atoms with van der Waals surface area (Å²) in [6.45, 7) is 0. The smallest absolute Gasteiger partial charge is 0.418 e. The minimum absolute atomic E-state index is 0.0836. The second kappa shape index (κ2) is 3.15. The standard InChI is InChI=1S/C9H8F3NO/c10-9(11,12)6-3-8(5-13-4-6)14-7-1-2-7/h3-5,7H,1-2H2. The Bertz CT molecular complexity index is 333. The van der Waals surface area contributed by atoms with Gasteiger partial charge in [-0.2, -0.15) is 13.2 Å². The minimum Gasteiger partial charge on any atom is -0.489 e. The highest BCUT2D eigenvalue weighted by atomic mass is 19.4. The number of pyridine rings is 1. The van der Waals surface area contributed by atoms with Crippen molar-refractivity contribution < 1.29 is 17.9 Å². The number of aromatic nitrogens is 1. The number of rotatable bonds is 2. The average molecular weight is 203 g/mol. The Morgan fingerprint density at radius 3 is 2.57 bits per heavy atom. The number of hydrogen-bond acceptors (Lipinski definition) is 2. The van der Waals surface area contributed by atoms with E-state index in [-0.39, 0.29) is 11.9 Å². The van der Waals surface area contributed by atoms with Gasteiger partial charge in [0.2, 0.25) is 0 Å². The van der Waals surface area contributed by atoms with Crippen LogP contribution in [0.5, 0.6) is 5.75 Å². The molecule has 1 fully saturated rings. The van der Waals surface area contributed by atoms with Gasteiger partial charge in [0.15, 0.2) is 0 Å². The summed E-state index contributed by atoms with van der Waals surface area (Å²) in [6.07, 6.45) is -0.351. The van der Waals surface area contributed by atoms with Crippen molar-refractivity contribution >= 4 is 0 Å². The molecule has 0 bridgehead atoms. The topological polar surface area (TPSA) is 22.1 Å². The monoisotopic (exact) mass is 203 g/mol. The first kappa shape index (κ1) is 9.30. The molecule has 5 heteroatoms. The summed E-state index contributed by atoms with van der Waals surface area (Å²) in [4.78, 5) is 3.49. The molecule has 0 unspecified atom stereocenters. The molecular formula is C9H8F3NO. The fourth-order valence-electron chi connectivity index (χ4n) is 1.02. The van der Waals surface area contributed by atoms with E-state index >= 15 is 0 Å². The molecule has 2 nitrogen and oxygen atoms in total. The van der Waals surface area contributed by atoms with Crippen LogP contribution in [0.4, 0.5) is 13.2 Å². The first-order chi connectivity index (χ1) is 6.55. The second-order valence-corrected chi connectivity index (χ2v) is 3.22. The number of ether oxygens (including phenoxy) is 1. The highest BCUT2D eigenvalue weighted by molar-refractivity contribution is 5.26. The Morgan fingerprint density at radius 1 is 1.29 bits per heavy atom. The SMILES string of the molecule is FC(F)(F)c1cncc(OC2CC2)c1. The minimum atomic E-state index is -4.35. The number of halogens is 3. The maximum atomic E-state index is 12.2. The summed E-state index contributed by atoms with van der Waals surface area (Å²) in [5.74, 6) is 0.197. The third kappa shape index (κ3) is 2.16. The van der Waals surface area contributed by atoms with Crippen molar-refractivity contribution in [2.75, 3.05) is 0 Å². The van der Waals surface area contributed by atoms with Gasteiger partial charge in [-0.1, -0.05) is 0 Å². The Labute approximate surface area is 78.7 Å². The van der Waals surface area contributed by atoms with Crippen LogP contribution in [0.2, 0.25) is 0 Å². The van der Waals surface area contributed by atoms with Gasteiger partial charge in [-0.05, 0) is 18.9 Å². The highest BCUT2D eigenvalue weighted by Gasteiger charge is 2.32. The van der Waals surface area contributed by atoms with Crippen molar-refractivity contribution in [2.45, 2.75) is 25.1 Å². The van der Waals surface area contributed by atoms with Crippen molar-refractivity contribution in [3.8, 4) is 5.75 Å². The normalized spacial score (nSPS) is 16.8. The van der Waals surface area contributed by atoms with Gasteiger partial charge in [0, 0.05) is 6.20 Å². The molecule has 1 aromatic heterocycles. The van der Waals surface area contributed by atoms with E-state index in [1.54, 1.807) is 0 Å². The fourth-order valence-corrected chi connectivity index (χ4v) is 1.02. The fraction of sp³-hybridized carbons (Fsp3) is 0.444. The lowest BCUT2D eigenvalue weighted by Gasteiger charge is -2.08. The van der Waals surface area contributed by atoms with Gasteiger partial charge in [-0.3, -0.25) is 4.98 Å². The summed E-state index contributed by atoms with van der Waals surface area (Å²) >= 11 is 0. The molecule has 0 aliphatic heterocycles. The van der Waals surface area contributed by atoms with Gasteiger partial charge < -0.3 is 4.74 Å². The molecule has 0 atom stereocenters.